The molecule has 2 heteroatoms. The van der Waals surface area contributed by atoms with Crippen molar-refractivity contribution < 1.29 is 4.52 Å². The van der Waals surface area contributed by atoms with Crippen LogP contribution in [-0.4, -0.2) is 5.16 Å². The smallest absolute Gasteiger partial charge is 0.139 e. The van der Waals surface area contributed by atoms with Crippen molar-refractivity contribution in [3.05, 3.63) is 17.5 Å². The second-order valence-electron chi connectivity index (χ2n) is 4.00. The molecule has 0 radical (unpaired) electrons. The Morgan fingerprint density at radius 1 is 1.38 bits per heavy atom. The Morgan fingerprint density at radius 2 is 2.08 bits per heavy atom. The fourth-order valence-electron chi connectivity index (χ4n) is 1.39. The Bertz CT molecular complexity index is 252. The summed E-state index contributed by atoms with van der Waals surface area (Å²) in [5.74, 6) is 1.97. The van der Waals surface area contributed by atoms with Crippen LogP contribution in [0.1, 0.15) is 63.8 Å². The van der Waals surface area contributed by atoms with E-state index in [9.17, 15) is 0 Å². The number of hydrogen-bond donors (Lipinski definition) is 0. The van der Waals surface area contributed by atoms with Gasteiger partial charge in [0.1, 0.15) is 5.76 Å². The lowest BCUT2D eigenvalue weighted by Crippen LogP contribution is -1.92. The van der Waals surface area contributed by atoms with Crippen LogP contribution < -0.4 is 0 Å². The van der Waals surface area contributed by atoms with Gasteiger partial charge in [0.05, 0.1) is 5.69 Å². The maximum atomic E-state index is 5.24. The van der Waals surface area contributed by atoms with E-state index in [1.807, 2.05) is 0 Å². The third-order valence-corrected chi connectivity index (χ3v) is 2.34. The highest BCUT2D eigenvalue weighted by Gasteiger charge is 2.12. The minimum absolute atomic E-state index is 0.440. The molecule has 0 aromatic carbocycles. The molecule has 0 saturated heterocycles. The highest BCUT2D eigenvalue weighted by Crippen LogP contribution is 2.23. The molecule has 1 unspecified atom stereocenters. The minimum atomic E-state index is 0.440. The first-order chi connectivity index (χ1) is 6.15. The van der Waals surface area contributed by atoms with Gasteiger partial charge in [-0.15, -0.1) is 0 Å². The summed E-state index contributed by atoms with van der Waals surface area (Å²) in [5, 5.41) is 4.08. The SMILES string of the molecule is CCCC(C)c1cc(C(C)C)on1. The Balaban J connectivity index is 2.67. The summed E-state index contributed by atoms with van der Waals surface area (Å²) in [5.41, 5.74) is 1.10. The van der Waals surface area contributed by atoms with Crippen LogP contribution in [0.4, 0.5) is 0 Å². The summed E-state index contributed by atoms with van der Waals surface area (Å²) in [7, 11) is 0. The molecule has 0 N–H and O–H groups in total. The van der Waals surface area contributed by atoms with Gasteiger partial charge in [0, 0.05) is 17.9 Å². The molecule has 0 aliphatic carbocycles. The number of aromatic nitrogens is 1. The summed E-state index contributed by atoms with van der Waals surface area (Å²) in [4.78, 5) is 0. The van der Waals surface area contributed by atoms with Crippen LogP contribution in [0.15, 0.2) is 10.6 Å². The van der Waals surface area contributed by atoms with Gasteiger partial charge in [-0.3, -0.25) is 0 Å². The maximum absolute atomic E-state index is 5.24. The van der Waals surface area contributed by atoms with Crippen LogP contribution in [0.3, 0.4) is 0 Å². The highest BCUT2D eigenvalue weighted by atomic mass is 16.5. The third-order valence-electron chi connectivity index (χ3n) is 2.34. The van der Waals surface area contributed by atoms with Gasteiger partial charge in [-0.1, -0.05) is 39.3 Å². The Kier molecular flexibility index (Phi) is 3.52. The van der Waals surface area contributed by atoms with Crippen molar-refractivity contribution >= 4 is 0 Å². The average molecular weight is 181 g/mol. The van der Waals surface area contributed by atoms with E-state index in [2.05, 4.69) is 38.9 Å². The Morgan fingerprint density at radius 3 is 2.54 bits per heavy atom. The van der Waals surface area contributed by atoms with E-state index in [-0.39, 0.29) is 0 Å². The van der Waals surface area contributed by atoms with Gasteiger partial charge in [-0.05, 0) is 6.42 Å². The van der Waals surface area contributed by atoms with E-state index in [1.165, 1.54) is 12.8 Å². The van der Waals surface area contributed by atoms with Crippen molar-refractivity contribution in [2.24, 2.45) is 0 Å². The van der Waals surface area contributed by atoms with Crippen LogP contribution >= 0.6 is 0 Å². The maximum Gasteiger partial charge on any atom is 0.139 e. The van der Waals surface area contributed by atoms with Gasteiger partial charge < -0.3 is 4.52 Å². The monoisotopic (exact) mass is 181 g/mol. The van der Waals surface area contributed by atoms with Crippen LogP contribution in [-0.2, 0) is 0 Å². The Labute approximate surface area is 80.3 Å². The van der Waals surface area contributed by atoms with Crippen molar-refractivity contribution in [1.82, 2.24) is 5.16 Å². The molecule has 0 fully saturated rings. The zero-order valence-corrected chi connectivity index (χ0v) is 9.00. The van der Waals surface area contributed by atoms with Crippen LogP contribution in [0.25, 0.3) is 0 Å². The van der Waals surface area contributed by atoms with Crippen molar-refractivity contribution in [2.45, 2.75) is 52.4 Å². The van der Waals surface area contributed by atoms with Crippen LogP contribution in [0.2, 0.25) is 0 Å². The molecule has 0 aliphatic rings. The fraction of sp³-hybridized carbons (Fsp3) is 0.727. The zero-order chi connectivity index (χ0) is 9.84. The minimum Gasteiger partial charge on any atom is -0.361 e. The number of hydrogen-bond acceptors (Lipinski definition) is 2. The molecule has 74 valence electrons. The molecule has 1 rings (SSSR count). The first kappa shape index (κ1) is 10.3. The predicted octanol–water partition coefficient (Wildman–Crippen LogP) is 3.70. The van der Waals surface area contributed by atoms with Gasteiger partial charge in [-0.25, -0.2) is 0 Å². The van der Waals surface area contributed by atoms with Crippen molar-refractivity contribution in [3.8, 4) is 0 Å². The lowest BCUT2D eigenvalue weighted by atomic mass is 10.0. The van der Waals surface area contributed by atoms with E-state index in [4.69, 9.17) is 4.52 Å². The lowest BCUT2D eigenvalue weighted by molar-refractivity contribution is 0.361. The van der Waals surface area contributed by atoms with Crippen molar-refractivity contribution in [3.63, 3.8) is 0 Å². The van der Waals surface area contributed by atoms with Gasteiger partial charge in [0.25, 0.3) is 0 Å². The average Bonchev–Trinajstić information content (AvgIpc) is 2.52. The molecule has 0 aliphatic heterocycles. The predicted molar refractivity (Wildman–Crippen MR) is 53.9 cm³/mol. The van der Waals surface area contributed by atoms with Crippen LogP contribution in [0.5, 0.6) is 0 Å². The summed E-state index contributed by atoms with van der Waals surface area (Å²) < 4.78 is 5.24. The molecule has 1 atom stereocenters. The molecular weight excluding hydrogens is 162 g/mol. The second kappa shape index (κ2) is 4.45. The molecule has 1 heterocycles. The molecule has 1 aromatic heterocycles. The first-order valence-corrected chi connectivity index (χ1v) is 5.11. The van der Waals surface area contributed by atoms with E-state index in [0.717, 1.165) is 11.5 Å². The molecule has 0 spiro atoms. The van der Waals surface area contributed by atoms with Crippen LogP contribution in [0, 0.1) is 0 Å². The molecule has 0 amide bonds. The summed E-state index contributed by atoms with van der Waals surface area (Å²) in [6, 6.07) is 2.09. The second-order valence-corrected chi connectivity index (χ2v) is 4.00. The largest absolute Gasteiger partial charge is 0.361 e. The topological polar surface area (TPSA) is 26.0 Å². The van der Waals surface area contributed by atoms with E-state index >= 15 is 0 Å². The van der Waals surface area contributed by atoms with E-state index < -0.39 is 0 Å². The first-order valence-electron chi connectivity index (χ1n) is 5.11. The van der Waals surface area contributed by atoms with Gasteiger partial charge >= 0.3 is 0 Å². The van der Waals surface area contributed by atoms with Crippen molar-refractivity contribution in [2.75, 3.05) is 0 Å². The van der Waals surface area contributed by atoms with Gasteiger partial charge in [0.2, 0.25) is 0 Å². The summed E-state index contributed by atoms with van der Waals surface area (Å²) in [6.45, 7) is 8.63. The molecule has 0 bridgehead atoms. The Hall–Kier alpha value is -0.790. The molecule has 13 heavy (non-hydrogen) atoms. The standard InChI is InChI=1S/C11H19NO/c1-5-6-9(4)10-7-11(8(2)3)13-12-10/h7-9H,5-6H2,1-4H3. The van der Waals surface area contributed by atoms with Gasteiger partial charge in [0.15, 0.2) is 0 Å². The third kappa shape index (κ3) is 2.58. The lowest BCUT2D eigenvalue weighted by Gasteiger charge is -2.03. The molecular formula is C11H19NO. The normalized spacial score (nSPS) is 13.6. The molecule has 2 nitrogen and oxygen atoms in total. The highest BCUT2D eigenvalue weighted by molar-refractivity contribution is 5.11. The van der Waals surface area contributed by atoms with E-state index in [0.29, 0.717) is 11.8 Å². The molecule has 1 aromatic rings. The van der Waals surface area contributed by atoms with Crippen molar-refractivity contribution in [1.29, 1.82) is 0 Å². The number of rotatable bonds is 4. The fourth-order valence-corrected chi connectivity index (χ4v) is 1.39. The zero-order valence-electron chi connectivity index (χ0n) is 9.00. The quantitative estimate of drug-likeness (QED) is 0.707. The van der Waals surface area contributed by atoms with E-state index in [1.54, 1.807) is 0 Å². The van der Waals surface area contributed by atoms with Gasteiger partial charge in [-0.2, -0.15) is 0 Å². The number of nitrogens with zero attached hydrogens (tertiary/aromatic N) is 1. The summed E-state index contributed by atoms with van der Waals surface area (Å²) in [6.07, 6.45) is 2.38. The molecule has 0 saturated carbocycles. The summed E-state index contributed by atoms with van der Waals surface area (Å²) >= 11 is 0.